The lowest BCUT2D eigenvalue weighted by Gasteiger charge is -2.19. The highest BCUT2D eigenvalue weighted by Crippen LogP contribution is 2.26. The lowest BCUT2D eigenvalue weighted by molar-refractivity contribution is -0.157. The average Bonchev–Trinajstić information content (AvgIpc) is 2.44. The minimum Gasteiger partial charge on any atom is -0.480 e. The van der Waals surface area contributed by atoms with Gasteiger partial charge in [0, 0.05) is 12.1 Å². The Kier molecular flexibility index (Phi) is 4.76. The molecule has 0 saturated heterocycles. The number of aryl methyl sites for hydroxylation is 1. The first-order chi connectivity index (χ1) is 11.1. The standard InChI is InChI=1S/C14H12F4N2O4/c15-8-4-9-6(1-2-11(21)19-9)3-7(8)12(22)20-10(13(23)24)5-14(16,17)18/h3-4,10H,1-2,5H2,(H,19,21)(H,20,22)(H,23,24). The summed E-state index contributed by atoms with van der Waals surface area (Å²) in [6.45, 7) is 0. The van der Waals surface area contributed by atoms with Crippen LogP contribution in [0.25, 0.3) is 0 Å². The summed E-state index contributed by atoms with van der Waals surface area (Å²) in [5, 5.41) is 12.8. The molecule has 24 heavy (non-hydrogen) atoms. The molecule has 1 aromatic carbocycles. The molecule has 130 valence electrons. The first-order valence-corrected chi connectivity index (χ1v) is 6.79. The lowest BCUT2D eigenvalue weighted by atomic mass is 9.99. The highest BCUT2D eigenvalue weighted by molar-refractivity contribution is 5.99. The molecule has 3 N–H and O–H groups in total. The van der Waals surface area contributed by atoms with Crippen LogP contribution in [0, 0.1) is 5.82 Å². The Labute approximate surface area is 132 Å². The topological polar surface area (TPSA) is 95.5 Å². The fourth-order valence-corrected chi connectivity index (χ4v) is 2.24. The van der Waals surface area contributed by atoms with Gasteiger partial charge in [0.1, 0.15) is 11.9 Å². The summed E-state index contributed by atoms with van der Waals surface area (Å²) >= 11 is 0. The molecule has 0 bridgehead atoms. The molecular formula is C14H12F4N2O4. The molecule has 0 saturated carbocycles. The summed E-state index contributed by atoms with van der Waals surface area (Å²) in [5.74, 6) is -4.56. The van der Waals surface area contributed by atoms with Gasteiger partial charge in [0.25, 0.3) is 5.91 Å². The van der Waals surface area contributed by atoms with E-state index in [1.54, 1.807) is 5.32 Å². The highest BCUT2D eigenvalue weighted by atomic mass is 19.4. The van der Waals surface area contributed by atoms with Gasteiger partial charge < -0.3 is 15.7 Å². The van der Waals surface area contributed by atoms with Crippen molar-refractivity contribution >= 4 is 23.5 Å². The zero-order valence-electron chi connectivity index (χ0n) is 12.0. The molecule has 0 aliphatic carbocycles. The fraction of sp³-hybridized carbons (Fsp3) is 0.357. The van der Waals surface area contributed by atoms with Gasteiger partial charge in [0.2, 0.25) is 5.91 Å². The van der Waals surface area contributed by atoms with Crippen LogP contribution in [0.2, 0.25) is 0 Å². The Bertz CT molecular complexity index is 703. The molecule has 1 heterocycles. The molecule has 0 aromatic heterocycles. The van der Waals surface area contributed by atoms with Gasteiger partial charge in [-0.15, -0.1) is 0 Å². The van der Waals surface area contributed by atoms with Crippen molar-refractivity contribution in [2.75, 3.05) is 5.32 Å². The lowest BCUT2D eigenvalue weighted by Crippen LogP contribution is -2.43. The Morgan fingerprint density at radius 1 is 1.29 bits per heavy atom. The number of halogens is 4. The summed E-state index contributed by atoms with van der Waals surface area (Å²) in [6, 6.07) is -0.264. The van der Waals surface area contributed by atoms with Crippen LogP contribution in [0.5, 0.6) is 0 Å². The van der Waals surface area contributed by atoms with Crippen molar-refractivity contribution in [2.24, 2.45) is 0 Å². The molecule has 10 heteroatoms. The molecule has 1 aliphatic rings. The molecule has 0 spiro atoms. The number of hydrogen-bond donors (Lipinski definition) is 3. The number of carboxylic acids is 1. The number of carbonyl (C=O) groups excluding carboxylic acids is 2. The smallest absolute Gasteiger partial charge is 0.391 e. The summed E-state index contributed by atoms with van der Waals surface area (Å²) in [4.78, 5) is 34.0. The quantitative estimate of drug-likeness (QED) is 0.724. The third kappa shape index (κ3) is 4.21. The Balaban J connectivity index is 2.23. The number of anilines is 1. The number of fused-ring (bicyclic) bond motifs is 1. The number of rotatable bonds is 4. The van der Waals surface area contributed by atoms with Crippen LogP contribution in [0.15, 0.2) is 12.1 Å². The summed E-state index contributed by atoms with van der Waals surface area (Å²) in [7, 11) is 0. The van der Waals surface area contributed by atoms with Gasteiger partial charge in [-0.2, -0.15) is 13.2 Å². The molecule has 6 nitrogen and oxygen atoms in total. The number of benzene rings is 1. The van der Waals surface area contributed by atoms with E-state index in [0.29, 0.717) is 5.56 Å². The maximum atomic E-state index is 14.0. The van der Waals surface area contributed by atoms with Crippen LogP contribution < -0.4 is 10.6 Å². The Morgan fingerprint density at radius 2 is 1.96 bits per heavy atom. The van der Waals surface area contributed by atoms with E-state index in [0.717, 1.165) is 12.1 Å². The van der Waals surface area contributed by atoms with Gasteiger partial charge in [-0.3, -0.25) is 9.59 Å². The second-order valence-electron chi connectivity index (χ2n) is 5.22. The van der Waals surface area contributed by atoms with Crippen molar-refractivity contribution in [3.8, 4) is 0 Å². The summed E-state index contributed by atoms with van der Waals surface area (Å²) < 4.78 is 51.0. The third-order valence-corrected chi connectivity index (χ3v) is 3.37. The first-order valence-electron chi connectivity index (χ1n) is 6.79. The number of amides is 2. The predicted molar refractivity (Wildman–Crippen MR) is 72.9 cm³/mol. The number of carbonyl (C=O) groups is 3. The zero-order valence-corrected chi connectivity index (χ0v) is 12.0. The molecule has 1 unspecified atom stereocenters. The van der Waals surface area contributed by atoms with Gasteiger partial charge in [0.05, 0.1) is 12.0 Å². The second-order valence-corrected chi connectivity index (χ2v) is 5.22. The van der Waals surface area contributed by atoms with E-state index in [4.69, 9.17) is 5.11 Å². The van der Waals surface area contributed by atoms with E-state index in [2.05, 4.69) is 5.32 Å². The van der Waals surface area contributed by atoms with Gasteiger partial charge >= 0.3 is 12.1 Å². The van der Waals surface area contributed by atoms with Gasteiger partial charge in [-0.05, 0) is 24.1 Å². The second kappa shape index (κ2) is 6.46. The van der Waals surface area contributed by atoms with Crippen LogP contribution in [-0.4, -0.2) is 35.1 Å². The Hall–Kier alpha value is -2.65. The molecule has 2 rings (SSSR count). The normalized spacial score (nSPS) is 15.2. The largest absolute Gasteiger partial charge is 0.480 e. The van der Waals surface area contributed by atoms with Crippen molar-refractivity contribution in [3.05, 3.63) is 29.1 Å². The fourth-order valence-electron chi connectivity index (χ4n) is 2.24. The molecular weight excluding hydrogens is 336 g/mol. The summed E-state index contributed by atoms with van der Waals surface area (Å²) in [5.41, 5.74) is 0.0209. The zero-order chi connectivity index (χ0) is 18.1. The molecule has 1 aliphatic heterocycles. The van der Waals surface area contributed by atoms with Crippen LogP contribution in [0.1, 0.15) is 28.8 Å². The minimum atomic E-state index is -4.81. The van der Waals surface area contributed by atoms with Gasteiger partial charge in [-0.25, -0.2) is 9.18 Å². The monoisotopic (exact) mass is 348 g/mol. The van der Waals surface area contributed by atoms with E-state index in [1.807, 2.05) is 0 Å². The van der Waals surface area contributed by atoms with Crippen molar-refractivity contribution in [1.29, 1.82) is 0 Å². The first kappa shape index (κ1) is 17.7. The average molecular weight is 348 g/mol. The molecule has 0 radical (unpaired) electrons. The van der Waals surface area contributed by atoms with E-state index in [1.165, 1.54) is 0 Å². The highest BCUT2D eigenvalue weighted by Gasteiger charge is 2.36. The van der Waals surface area contributed by atoms with Crippen LogP contribution in [-0.2, 0) is 16.0 Å². The van der Waals surface area contributed by atoms with Crippen LogP contribution in [0.3, 0.4) is 0 Å². The van der Waals surface area contributed by atoms with Crippen LogP contribution >= 0.6 is 0 Å². The number of nitrogens with one attached hydrogen (secondary N) is 2. The maximum Gasteiger partial charge on any atom is 0.391 e. The molecule has 2 amide bonds. The predicted octanol–water partition coefficient (Wildman–Crippen LogP) is 1.85. The van der Waals surface area contributed by atoms with E-state index in [-0.39, 0.29) is 24.4 Å². The van der Waals surface area contributed by atoms with Crippen molar-refractivity contribution < 1.29 is 37.1 Å². The van der Waals surface area contributed by atoms with E-state index >= 15 is 0 Å². The van der Waals surface area contributed by atoms with E-state index < -0.39 is 41.9 Å². The van der Waals surface area contributed by atoms with Gasteiger partial charge in [0.15, 0.2) is 0 Å². The van der Waals surface area contributed by atoms with Crippen molar-refractivity contribution in [2.45, 2.75) is 31.5 Å². The number of aliphatic carboxylic acids is 1. The number of hydrogen-bond acceptors (Lipinski definition) is 3. The molecule has 1 aromatic rings. The molecule has 0 fully saturated rings. The maximum absolute atomic E-state index is 14.0. The minimum absolute atomic E-state index is 0.117. The SMILES string of the molecule is O=C1CCc2cc(C(=O)NC(CC(F)(F)F)C(=O)O)c(F)cc2N1. The van der Waals surface area contributed by atoms with Crippen molar-refractivity contribution in [1.82, 2.24) is 5.32 Å². The Morgan fingerprint density at radius 3 is 2.54 bits per heavy atom. The number of carboxylic acid groups (broad SMARTS) is 1. The van der Waals surface area contributed by atoms with Crippen molar-refractivity contribution in [3.63, 3.8) is 0 Å². The summed E-state index contributed by atoms with van der Waals surface area (Å²) in [6.07, 6.45) is -6.25. The van der Waals surface area contributed by atoms with Gasteiger partial charge in [-0.1, -0.05) is 0 Å². The molecule has 1 atom stereocenters. The van der Waals surface area contributed by atoms with E-state index in [9.17, 15) is 31.9 Å². The third-order valence-electron chi connectivity index (χ3n) is 3.37. The number of alkyl halides is 3. The van der Waals surface area contributed by atoms with Crippen LogP contribution in [0.4, 0.5) is 23.2 Å².